The first-order chi connectivity index (χ1) is 23.4. The summed E-state index contributed by atoms with van der Waals surface area (Å²) in [6, 6.07) is 17.4. The predicted molar refractivity (Wildman–Crippen MR) is 201 cm³/mol. The number of phenols is 2. The van der Waals surface area contributed by atoms with Crippen LogP contribution in [-0.4, -0.2) is 48.6 Å². The Bertz CT molecular complexity index is 2280. The van der Waals surface area contributed by atoms with Gasteiger partial charge in [-0.1, -0.05) is 107 Å². The van der Waals surface area contributed by atoms with Crippen molar-refractivity contribution >= 4 is 31.9 Å². The Morgan fingerprint density at radius 1 is 0.510 bits per heavy atom. The van der Waals surface area contributed by atoms with Crippen LogP contribution in [0.3, 0.4) is 0 Å². The molecule has 51 heavy (non-hydrogen) atoms. The van der Waals surface area contributed by atoms with E-state index in [1.54, 1.807) is 24.3 Å². The van der Waals surface area contributed by atoms with Gasteiger partial charge in [0.15, 0.2) is 0 Å². The fourth-order valence-corrected chi connectivity index (χ4v) is 7.69. The van der Waals surface area contributed by atoms with E-state index < -0.39 is 9.84 Å². The maximum atomic E-state index is 14.6. The number of hydrogen-bond donors (Lipinski definition) is 2. The van der Waals surface area contributed by atoms with E-state index >= 15 is 0 Å². The minimum Gasteiger partial charge on any atom is -0.505 e. The molecule has 0 spiro atoms. The molecule has 0 amide bonds. The van der Waals surface area contributed by atoms with E-state index in [-0.39, 0.29) is 54.0 Å². The van der Waals surface area contributed by atoms with Gasteiger partial charge in [0.2, 0.25) is 9.84 Å². The lowest BCUT2D eigenvalue weighted by Crippen LogP contribution is -2.18. The fourth-order valence-electron chi connectivity index (χ4n) is 6.14. The van der Waals surface area contributed by atoms with Crippen molar-refractivity contribution < 1.29 is 18.6 Å². The van der Waals surface area contributed by atoms with Crippen LogP contribution in [0.2, 0.25) is 0 Å². The Kier molecular flexibility index (Phi) is 8.22. The van der Waals surface area contributed by atoms with Crippen LogP contribution in [0.1, 0.15) is 105 Å². The van der Waals surface area contributed by atoms with E-state index in [9.17, 15) is 18.6 Å². The summed E-state index contributed by atoms with van der Waals surface area (Å²) in [5.41, 5.74) is 3.96. The van der Waals surface area contributed by atoms with Gasteiger partial charge in [0.25, 0.3) is 0 Å². The van der Waals surface area contributed by atoms with Crippen molar-refractivity contribution in [2.24, 2.45) is 0 Å². The molecule has 0 radical (unpaired) electrons. The molecule has 0 fully saturated rings. The minimum atomic E-state index is -4.23. The average molecular weight is 709 g/mol. The Hall–Kier alpha value is -4.77. The molecule has 2 heterocycles. The molecule has 0 bridgehead atoms. The number of phenolic OH excluding ortho intramolecular Hbond substituents is 2. The van der Waals surface area contributed by atoms with Gasteiger partial charge in [-0.2, -0.15) is 0 Å². The molecule has 0 aliphatic rings. The molecule has 0 saturated carbocycles. The smallest absolute Gasteiger partial charge is 0.211 e. The van der Waals surface area contributed by atoms with Crippen LogP contribution in [0.25, 0.3) is 33.4 Å². The average Bonchev–Trinajstić information content (AvgIpc) is 3.63. The molecule has 0 atom stereocenters. The minimum absolute atomic E-state index is 0.0370. The normalized spacial score (nSPS) is 13.4. The highest BCUT2D eigenvalue weighted by Crippen LogP contribution is 2.41. The number of sulfone groups is 1. The van der Waals surface area contributed by atoms with Crippen molar-refractivity contribution in [2.45, 2.75) is 115 Å². The Morgan fingerprint density at radius 3 is 1.18 bits per heavy atom. The third-order valence-corrected chi connectivity index (χ3v) is 11.1. The summed E-state index contributed by atoms with van der Waals surface area (Å²) in [4.78, 5) is 2.53. The van der Waals surface area contributed by atoms with Crippen LogP contribution in [0.4, 0.5) is 0 Å². The molecular weight excluding hydrogens is 661 g/mol. The maximum Gasteiger partial charge on any atom is 0.211 e. The summed E-state index contributed by atoms with van der Waals surface area (Å²) in [6.45, 7) is 24.7. The molecule has 0 aliphatic carbocycles. The first kappa shape index (κ1) is 36.0. The number of rotatable bonds is 4. The number of aromatic hydroxyl groups is 2. The van der Waals surface area contributed by atoms with E-state index in [1.165, 1.54) is 21.7 Å². The maximum absolute atomic E-state index is 14.6. The molecule has 11 heteroatoms. The predicted octanol–water partition coefficient (Wildman–Crippen LogP) is 8.59. The van der Waals surface area contributed by atoms with Crippen molar-refractivity contribution in [2.75, 3.05) is 0 Å². The van der Waals surface area contributed by atoms with Crippen LogP contribution in [-0.2, 0) is 31.5 Å². The zero-order valence-electron chi connectivity index (χ0n) is 31.6. The molecule has 0 saturated heterocycles. The summed E-state index contributed by atoms with van der Waals surface area (Å²) in [7, 11) is -4.23. The van der Waals surface area contributed by atoms with Gasteiger partial charge in [-0.05, 0) is 69.2 Å². The molecule has 4 aromatic carbocycles. The number of nitrogens with zero attached hydrogens (tertiary/aromatic N) is 6. The van der Waals surface area contributed by atoms with Crippen LogP contribution >= 0.6 is 0 Å². The zero-order chi connectivity index (χ0) is 37.6. The third-order valence-electron chi connectivity index (χ3n) is 9.29. The van der Waals surface area contributed by atoms with Gasteiger partial charge < -0.3 is 10.2 Å². The van der Waals surface area contributed by atoms with E-state index in [1.807, 2.05) is 65.8 Å². The molecular formula is C40H48N6O4S. The Morgan fingerprint density at radius 2 is 0.863 bits per heavy atom. The van der Waals surface area contributed by atoms with E-state index in [2.05, 4.69) is 61.9 Å². The molecule has 10 nitrogen and oxygen atoms in total. The molecule has 0 aliphatic heterocycles. The highest BCUT2D eigenvalue weighted by Gasteiger charge is 2.31. The van der Waals surface area contributed by atoms with Gasteiger partial charge in [-0.3, -0.25) is 0 Å². The standard InChI is InChI=1S/C40H48N6O4S/c1-37(2,3)23-19-25(39(7,8)9)35(47)29(21-23)45-41-27-15-13-17-31(33(27)43-45)51(49,50)32-18-14-16-28-34(32)44-46(42-28)30-22-24(38(4,5)6)20-26(36(30)48)40(10,11)12/h13-22,47-48H,1-12H3. The number of fused-ring (bicyclic) bond motifs is 2. The summed E-state index contributed by atoms with van der Waals surface area (Å²) < 4.78 is 29.2. The van der Waals surface area contributed by atoms with Gasteiger partial charge in [0.05, 0.1) is 0 Å². The lowest BCUT2D eigenvalue weighted by atomic mass is 9.80. The zero-order valence-corrected chi connectivity index (χ0v) is 32.4. The first-order valence-corrected chi connectivity index (χ1v) is 18.6. The summed E-state index contributed by atoms with van der Waals surface area (Å²) in [5.74, 6) is 0.0741. The quantitative estimate of drug-likeness (QED) is 0.186. The van der Waals surface area contributed by atoms with Gasteiger partial charge in [-0.25, -0.2) is 8.42 Å². The Labute approximate surface area is 300 Å². The second kappa shape index (κ2) is 11.6. The molecule has 6 rings (SSSR count). The van der Waals surface area contributed by atoms with Gasteiger partial charge in [-0.15, -0.1) is 30.0 Å². The first-order valence-electron chi connectivity index (χ1n) is 17.1. The Balaban J connectivity index is 1.53. The van der Waals surface area contributed by atoms with Crippen molar-refractivity contribution in [1.29, 1.82) is 0 Å². The van der Waals surface area contributed by atoms with Gasteiger partial charge >= 0.3 is 0 Å². The van der Waals surface area contributed by atoms with Crippen LogP contribution in [0, 0.1) is 0 Å². The van der Waals surface area contributed by atoms with Crippen LogP contribution in [0.15, 0.2) is 70.5 Å². The SMILES string of the molecule is CC(C)(C)c1cc(-n2nc3cccc(S(=O)(=O)c4cccc5nn(-c6cc(C(C)(C)C)cc(C(C)(C)C)c6O)nc45)c3n2)c(O)c(C(C)(C)C)c1. The highest BCUT2D eigenvalue weighted by atomic mass is 32.2. The largest absolute Gasteiger partial charge is 0.505 e. The molecule has 268 valence electrons. The second-order valence-electron chi connectivity index (χ2n) is 17.5. The number of hydrogen-bond acceptors (Lipinski definition) is 8. The third kappa shape index (κ3) is 6.37. The number of benzene rings is 4. The summed E-state index contributed by atoms with van der Waals surface area (Å²) in [5, 5.41) is 41.7. The monoisotopic (exact) mass is 708 g/mol. The molecule has 0 unspecified atom stereocenters. The molecule has 6 aromatic rings. The number of aromatic nitrogens is 6. The fraction of sp³-hybridized carbons (Fsp3) is 0.400. The van der Waals surface area contributed by atoms with Crippen molar-refractivity contribution in [3.05, 3.63) is 82.9 Å². The van der Waals surface area contributed by atoms with Crippen LogP contribution < -0.4 is 0 Å². The van der Waals surface area contributed by atoms with Crippen LogP contribution in [0.5, 0.6) is 11.5 Å². The summed E-state index contributed by atoms with van der Waals surface area (Å²) >= 11 is 0. The van der Waals surface area contributed by atoms with E-state index in [4.69, 9.17) is 0 Å². The molecule has 2 aromatic heterocycles. The summed E-state index contributed by atoms with van der Waals surface area (Å²) in [6.07, 6.45) is 0. The van der Waals surface area contributed by atoms with E-state index in [0.29, 0.717) is 22.4 Å². The highest BCUT2D eigenvalue weighted by molar-refractivity contribution is 7.92. The van der Waals surface area contributed by atoms with Gasteiger partial charge in [0, 0.05) is 11.1 Å². The van der Waals surface area contributed by atoms with Crippen molar-refractivity contribution in [3.8, 4) is 22.9 Å². The molecule has 2 N–H and O–H groups in total. The topological polar surface area (TPSA) is 136 Å². The lowest BCUT2D eigenvalue weighted by Gasteiger charge is -2.27. The second-order valence-corrected chi connectivity index (χ2v) is 19.4. The van der Waals surface area contributed by atoms with Crippen molar-refractivity contribution in [1.82, 2.24) is 30.0 Å². The van der Waals surface area contributed by atoms with Crippen molar-refractivity contribution in [3.63, 3.8) is 0 Å². The van der Waals surface area contributed by atoms with E-state index in [0.717, 1.165) is 22.3 Å². The van der Waals surface area contributed by atoms with Gasteiger partial charge in [0.1, 0.15) is 54.7 Å². The lowest BCUT2D eigenvalue weighted by molar-refractivity contribution is 0.437.